The number of rotatable bonds is 6. The van der Waals surface area contributed by atoms with E-state index in [4.69, 9.17) is 0 Å². The van der Waals surface area contributed by atoms with Crippen LogP contribution < -0.4 is 5.32 Å². The lowest BCUT2D eigenvalue weighted by Gasteiger charge is -2.27. The standard InChI is InChI=1S/C16H25F2N/c1-10(2)14(11(3)4)9-19-12(5)13-6-7-15(17)16(18)8-13/h6-8,10-12,14,19H,9H2,1-5H3. The third-order valence-electron chi connectivity index (χ3n) is 3.82. The van der Waals surface area contributed by atoms with Gasteiger partial charge in [0.2, 0.25) is 0 Å². The second-order valence-electron chi connectivity index (χ2n) is 5.96. The summed E-state index contributed by atoms with van der Waals surface area (Å²) in [7, 11) is 0. The molecule has 19 heavy (non-hydrogen) atoms. The normalized spacial score (nSPS) is 13.6. The first kappa shape index (κ1) is 16.1. The second kappa shape index (κ2) is 6.99. The predicted molar refractivity (Wildman–Crippen MR) is 75.9 cm³/mol. The summed E-state index contributed by atoms with van der Waals surface area (Å²) in [6.45, 7) is 11.7. The molecule has 0 radical (unpaired) electrons. The van der Waals surface area contributed by atoms with Gasteiger partial charge in [-0.2, -0.15) is 0 Å². The third-order valence-corrected chi connectivity index (χ3v) is 3.82. The third kappa shape index (κ3) is 4.57. The Morgan fingerprint density at radius 3 is 2.00 bits per heavy atom. The average Bonchev–Trinajstić information content (AvgIpc) is 2.31. The van der Waals surface area contributed by atoms with Crippen molar-refractivity contribution in [1.82, 2.24) is 5.32 Å². The fourth-order valence-electron chi connectivity index (χ4n) is 2.45. The first-order valence-electron chi connectivity index (χ1n) is 7.01. The van der Waals surface area contributed by atoms with E-state index >= 15 is 0 Å². The van der Waals surface area contributed by atoms with Crippen molar-refractivity contribution in [2.24, 2.45) is 17.8 Å². The highest BCUT2D eigenvalue weighted by Gasteiger charge is 2.18. The van der Waals surface area contributed by atoms with Crippen LogP contribution >= 0.6 is 0 Å². The highest BCUT2D eigenvalue weighted by atomic mass is 19.2. The molecule has 0 heterocycles. The van der Waals surface area contributed by atoms with Gasteiger partial charge in [-0.25, -0.2) is 8.78 Å². The molecule has 3 heteroatoms. The van der Waals surface area contributed by atoms with E-state index in [1.165, 1.54) is 12.1 Å². The Bertz CT molecular complexity index is 394. The van der Waals surface area contributed by atoms with E-state index in [0.717, 1.165) is 12.1 Å². The summed E-state index contributed by atoms with van der Waals surface area (Å²) >= 11 is 0. The Morgan fingerprint density at radius 1 is 0.947 bits per heavy atom. The molecular weight excluding hydrogens is 244 g/mol. The molecule has 0 saturated heterocycles. The van der Waals surface area contributed by atoms with Crippen molar-refractivity contribution in [1.29, 1.82) is 0 Å². The highest BCUT2D eigenvalue weighted by Crippen LogP contribution is 2.22. The Balaban J connectivity index is 2.63. The molecular formula is C16H25F2N. The summed E-state index contributed by atoms with van der Waals surface area (Å²) in [6, 6.07) is 4.11. The van der Waals surface area contributed by atoms with Gasteiger partial charge < -0.3 is 5.32 Å². The summed E-state index contributed by atoms with van der Waals surface area (Å²) < 4.78 is 26.1. The van der Waals surface area contributed by atoms with Crippen molar-refractivity contribution < 1.29 is 8.78 Å². The quantitative estimate of drug-likeness (QED) is 0.799. The van der Waals surface area contributed by atoms with Crippen molar-refractivity contribution in [3.05, 3.63) is 35.4 Å². The Morgan fingerprint density at radius 2 is 1.53 bits per heavy atom. The molecule has 0 fully saturated rings. The molecule has 1 aromatic rings. The predicted octanol–water partition coefficient (Wildman–Crippen LogP) is 4.54. The fourth-order valence-corrected chi connectivity index (χ4v) is 2.45. The zero-order valence-electron chi connectivity index (χ0n) is 12.5. The van der Waals surface area contributed by atoms with Crippen LogP contribution in [-0.2, 0) is 0 Å². The molecule has 0 spiro atoms. The summed E-state index contributed by atoms with van der Waals surface area (Å²) in [5, 5.41) is 3.42. The first-order valence-corrected chi connectivity index (χ1v) is 7.01. The van der Waals surface area contributed by atoms with Gasteiger partial charge in [0.05, 0.1) is 0 Å². The van der Waals surface area contributed by atoms with Crippen LogP contribution in [0.4, 0.5) is 8.78 Å². The summed E-state index contributed by atoms with van der Waals surface area (Å²) in [5.41, 5.74) is 0.783. The van der Waals surface area contributed by atoms with Gasteiger partial charge in [0.15, 0.2) is 11.6 Å². The lowest BCUT2D eigenvalue weighted by Crippen LogP contribution is -2.31. The molecule has 0 aromatic heterocycles. The van der Waals surface area contributed by atoms with E-state index in [1.807, 2.05) is 6.92 Å². The van der Waals surface area contributed by atoms with Gasteiger partial charge >= 0.3 is 0 Å². The number of benzene rings is 1. The Hall–Kier alpha value is -0.960. The number of nitrogens with one attached hydrogen (secondary N) is 1. The van der Waals surface area contributed by atoms with Crippen LogP contribution in [0.15, 0.2) is 18.2 Å². The minimum absolute atomic E-state index is 0.0232. The van der Waals surface area contributed by atoms with Crippen molar-refractivity contribution in [2.75, 3.05) is 6.54 Å². The SMILES string of the molecule is CC(NCC(C(C)C)C(C)C)c1ccc(F)c(F)c1. The monoisotopic (exact) mass is 269 g/mol. The zero-order chi connectivity index (χ0) is 14.6. The van der Waals surface area contributed by atoms with E-state index in [1.54, 1.807) is 6.07 Å². The van der Waals surface area contributed by atoms with Gasteiger partial charge in [-0.05, 0) is 48.9 Å². The number of halogens is 2. The minimum atomic E-state index is -0.793. The van der Waals surface area contributed by atoms with Gasteiger partial charge in [-0.1, -0.05) is 33.8 Å². The zero-order valence-corrected chi connectivity index (χ0v) is 12.5. The van der Waals surface area contributed by atoms with E-state index in [2.05, 4.69) is 33.0 Å². The molecule has 1 nitrogen and oxygen atoms in total. The lowest BCUT2D eigenvalue weighted by atomic mass is 9.85. The van der Waals surface area contributed by atoms with Crippen LogP contribution in [0.25, 0.3) is 0 Å². The van der Waals surface area contributed by atoms with E-state index in [0.29, 0.717) is 17.8 Å². The second-order valence-corrected chi connectivity index (χ2v) is 5.96. The smallest absolute Gasteiger partial charge is 0.159 e. The minimum Gasteiger partial charge on any atom is -0.310 e. The van der Waals surface area contributed by atoms with Crippen molar-refractivity contribution in [3.8, 4) is 0 Å². The molecule has 0 aliphatic heterocycles. The molecule has 1 N–H and O–H groups in total. The first-order chi connectivity index (χ1) is 8.82. The molecule has 0 amide bonds. The lowest BCUT2D eigenvalue weighted by molar-refractivity contribution is 0.268. The molecule has 1 rings (SSSR count). The summed E-state index contributed by atoms with van der Waals surface area (Å²) in [6.07, 6.45) is 0. The molecule has 1 atom stereocenters. The van der Waals surface area contributed by atoms with Crippen molar-refractivity contribution in [2.45, 2.75) is 40.7 Å². The Kier molecular flexibility index (Phi) is 5.92. The van der Waals surface area contributed by atoms with Gasteiger partial charge in [0.1, 0.15) is 0 Å². The highest BCUT2D eigenvalue weighted by molar-refractivity contribution is 5.20. The largest absolute Gasteiger partial charge is 0.310 e. The van der Waals surface area contributed by atoms with Crippen LogP contribution in [0, 0.1) is 29.4 Å². The van der Waals surface area contributed by atoms with E-state index < -0.39 is 11.6 Å². The molecule has 1 aromatic carbocycles. The van der Waals surface area contributed by atoms with E-state index in [9.17, 15) is 8.78 Å². The summed E-state index contributed by atoms with van der Waals surface area (Å²) in [4.78, 5) is 0. The average molecular weight is 269 g/mol. The molecule has 108 valence electrons. The van der Waals surface area contributed by atoms with E-state index in [-0.39, 0.29) is 6.04 Å². The van der Waals surface area contributed by atoms with Gasteiger partial charge in [-0.3, -0.25) is 0 Å². The molecule has 0 aliphatic carbocycles. The molecule has 1 unspecified atom stereocenters. The maximum atomic E-state index is 13.2. The van der Waals surface area contributed by atoms with Crippen molar-refractivity contribution in [3.63, 3.8) is 0 Å². The van der Waals surface area contributed by atoms with Gasteiger partial charge in [0.25, 0.3) is 0 Å². The van der Waals surface area contributed by atoms with Crippen molar-refractivity contribution >= 4 is 0 Å². The van der Waals surface area contributed by atoms with Crippen LogP contribution in [0.3, 0.4) is 0 Å². The van der Waals surface area contributed by atoms with Crippen LogP contribution in [0.2, 0.25) is 0 Å². The van der Waals surface area contributed by atoms with Crippen LogP contribution in [0.1, 0.15) is 46.2 Å². The molecule has 0 saturated carbocycles. The fraction of sp³-hybridized carbons (Fsp3) is 0.625. The van der Waals surface area contributed by atoms with Gasteiger partial charge in [0, 0.05) is 6.04 Å². The molecule has 0 aliphatic rings. The topological polar surface area (TPSA) is 12.0 Å². The number of hydrogen-bond acceptors (Lipinski definition) is 1. The number of hydrogen-bond donors (Lipinski definition) is 1. The molecule has 0 bridgehead atoms. The van der Waals surface area contributed by atoms with Gasteiger partial charge in [-0.15, -0.1) is 0 Å². The Labute approximate surface area is 115 Å². The maximum absolute atomic E-state index is 13.2. The van der Waals surface area contributed by atoms with Crippen LogP contribution in [0.5, 0.6) is 0 Å². The maximum Gasteiger partial charge on any atom is 0.159 e. The summed E-state index contributed by atoms with van der Waals surface area (Å²) in [5.74, 6) is 0.204. The van der Waals surface area contributed by atoms with Crippen LogP contribution in [-0.4, -0.2) is 6.54 Å².